The van der Waals surface area contributed by atoms with Crippen LogP contribution in [0, 0.1) is 0 Å². The molecular weight excluding hydrogens is 152 g/mol. The first-order chi connectivity index (χ1) is 5.45. The van der Waals surface area contributed by atoms with Crippen LogP contribution < -0.4 is 0 Å². The van der Waals surface area contributed by atoms with E-state index >= 15 is 0 Å². The van der Waals surface area contributed by atoms with Gasteiger partial charge in [0, 0.05) is 5.57 Å². The zero-order valence-electron chi connectivity index (χ0n) is 7.76. The van der Waals surface area contributed by atoms with Gasteiger partial charge in [0.05, 0.1) is 0 Å². The Balaban J connectivity index is 0. The summed E-state index contributed by atoms with van der Waals surface area (Å²) in [5, 5.41) is 8.08. The maximum Gasteiger partial charge on any atom is 0.330 e. The highest BCUT2D eigenvalue weighted by Gasteiger charge is 1.96. The first-order valence-electron chi connectivity index (χ1n) is 3.64. The zero-order chi connectivity index (χ0) is 10.1. The number of carbonyl (C=O) groups is 1. The topological polar surface area (TPSA) is 37.3 Å². The van der Waals surface area contributed by atoms with Gasteiger partial charge in [0.1, 0.15) is 0 Å². The quantitative estimate of drug-likeness (QED) is 0.519. The fourth-order valence-corrected chi connectivity index (χ4v) is 0.151. The second kappa shape index (κ2) is 7.79. The van der Waals surface area contributed by atoms with Gasteiger partial charge in [-0.05, 0) is 13.3 Å². The SMILES string of the molecule is C=C(CC)C(=O)O.C=CC(=C)C. The number of carboxylic acid groups (broad SMARTS) is 1. The number of allylic oxidation sites excluding steroid dienone is 2. The monoisotopic (exact) mass is 168 g/mol. The van der Waals surface area contributed by atoms with E-state index in [-0.39, 0.29) is 5.57 Å². The molecule has 0 heterocycles. The van der Waals surface area contributed by atoms with Crippen molar-refractivity contribution in [3.8, 4) is 0 Å². The molecule has 0 aliphatic carbocycles. The Morgan fingerprint density at radius 2 is 1.83 bits per heavy atom. The molecule has 0 aliphatic heterocycles. The van der Waals surface area contributed by atoms with Crippen LogP contribution in [0.2, 0.25) is 0 Å². The number of hydrogen-bond donors (Lipinski definition) is 1. The highest BCUT2D eigenvalue weighted by molar-refractivity contribution is 5.85. The van der Waals surface area contributed by atoms with Gasteiger partial charge in [-0.2, -0.15) is 0 Å². The molecule has 0 aromatic heterocycles. The van der Waals surface area contributed by atoms with E-state index in [9.17, 15) is 4.79 Å². The third-order valence-electron chi connectivity index (χ3n) is 1.08. The van der Waals surface area contributed by atoms with Crippen LogP contribution in [0.4, 0.5) is 0 Å². The normalized spacial score (nSPS) is 7.50. The maximum absolute atomic E-state index is 9.83. The van der Waals surface area contributed by atoms with E-state index in [2.05, 4.69) is 19.7 Å². The van der Waals surface area contributed by atoms with Crippen molar-refractivity contribution in [3.05, 3.63) is 37.0 Å². The van der Waals surface area contributed by atoms with Crippen LogP contribution >= 0.6 is 0 Å². The van der Waals surface area contributed by atoms with E-state index in [0.29, 0.717) is 6.42 Å². The lowest BCUT2D eigenvalue weighted by atomic mass is 10.2. The Morgan fingerprint density at radius 3 is 1.83 bits per heavy atom. The minimum atomic E-state index is -0.900. The number of hydrogen-bond acceptors (Lipinski definition) is 1. The number of aliphatic carboxylic acids is 1. The van der Waals surface area contributed by atoms with E-state index in [0.717, 1.165) is 5.57 Å². The molecule has 0 saturated heterocycles. The van der Waals surface area contributed by atoms with Crippen molar-refractivity contribution >= 4 is 5.97 Å². The number of rotatable bonds is 3. The molecule has 0 unspecified atom stereocenters. The van der Waals surface area contributed by atoms with Gasteiger partial charge >= 0.3 is 5.97 Å². The molecule has 2 heteroatoms. The second-order valence-electron chi connectivity index (χ2n) is 2.31. The van der Waals surface area contributed by atoms with Crippen LogP contribution in [0.3, 0.4) is 0 Å². The summed E-state index contributed by atoms with van der Waals surface area (Å²) in [7, 11) is 0. The summed E-state index contributed by atoms with van der Waals surface area (Å²) in [6.45, 7) is 14.0. The molecular formula is C10H16O2. The maximum atomic E-state index is 9.83. The van der Waals surface area contributed by atoms with Gasteiger partial charge in [0.2, 0.25) is 0 Å². The van der Waals surface area contributed by atoms with Crippen LogP contribution in [0.15, 0.2) is 37.0 Å². The largest absolute Gasteiger partial charge is 0.478 e. The fourth-order valence-electron chi connectivity index (χ4n) is 0.151. The minimum absolute atomic E-state index is 0.264. The highest BCUT2D eigenvalue weighted by Crippen LogP contribution is 1.93. The summed E-state index contributed by atoms with van der Waals surface area (Å²) in [5.74, 6) is -0.900. The molecule has 2 nitrogen and oxygen atoms in total. The summed E-state index contributed by atoms with van der Waals surface area (Å²) < 4.78 is 0. The molecule has 0 rings (SSSR count). The molecule has 0 fully saturated rings. The van der Waals surface area contributed by atoms with Crippen LogP contribution in [-0.2, 0) is 4.79 Å². The lowest BCUT2D eigenvalue weighted by molar-refractivity contribution is -0.132. The van der Waals surface area contributed by atoms with Gasteiger partial charge < -0.3 is 5.11 Å². The average Bonchev–Trinajstić information content (AvgIpc) is 2.04. The Labute approximate surface area is 73.9 Å². The highest BCUT2D eigenvalue weighted by atomic mass is 16.4. The summed E-state index contributed by atoms with van der Waals surface area (Å²) in [6, 6.07) is 0. The summed E-state index contributed by atoms with van der Waals surface area (Å²) in [6.07, 6.45) is 2.25. The molecule has 0 aromatic rings. The standard InChI is InChI=1S/C5H8O2.C5H8/c1-3-4(2)5(6)7;1-4-5(2)3/h2-3H2,1H3,(H,6,7);4H,1-2H2,3H3. The van der Waals surface area contributed by atoms with Crippen molar-refractivity contribution < 1.29 is 9.90 Å². The molecule has 68 valence electrons. The molecule has 0 atom stereocenters. The van der Waals surface area contributed by atoms with Crippen molar-refractivity contribution in [1.82, 2.24) is 0 Å². The minimum Gasteiger partial charge on any atom is -0.478 e. The van der Waals surface area contributed by atoms with Gasteiger partial charge in [0.25, 0.3) is 0 Å². The smallest absolute Gasteiger partial charge is 0.330 e. The summed E-state index contributed by atoms with van der Waals surface area (Å²) >= 11 is 0. The average molecular weight is 168 g/mol. The Morgan fingerprint density at radius 1 is 1.50 bits per heavy atom. The van der Waals surface area contributed by atoms with E-state index in [1.807, 2.05) is 6.92 Å². The molecule has 0 spiro atoms. The van der Waals surface area contributed by atoms with Gasteiger partial charge in [-0.25, -0.2) is 4.79 Å². The zero-order valence-corrected chi connectivity index (χ0v) is 7.76. The number of carboxylic acids is 1. The lowest BCUT2D eigenvalue weighted by Crippen LogP contribution is -1.95. The molecule has 0 aromatic carbocycles. The molecule has 0 bridgehead atoms. The van der Waals surface area contributed by atoms with E-state index in [1.54, 1.807) is 13.0 Å². The molecule has 0 aliphatic rings. The molecule has 0 saturated carbocycles. The first kappa shape index (κ1) is 13.3. The van der Waals surface area contributed by atoms with Crippen molar-refractivity contribution in [1.29, 1.82) is 0 Å². The van der Waals surface area contributed by atoms with Crippen molar-refractivity contribution in [2.75, 3.05) is 0 Å². The third kappa shape index (κ3) is 11.5. The Bertz CT molecular complexity index is 190. The Kier molecular flexibility index (Phi) is 8.63. The predicted octanol–water partition coefficient (Wildman–Crippen LogP) is 2.79. The summed E-state index contributed by atoms with van der Waals surface area (Å²) in [5.41, 5.74) is 1.28. The van der Waals surface area contributed by atoms with Gasteiger partial charge in [0.15, 0.2) is 0 Å². The molecule has 12 heavy (non-hydrogen) atoms. The van der Waals surface area contributed by atoms with Crippen LogP contribution in [0.25, 0.3) is 0 Å². The molecule has 1 N–H and O–H groups in total. The van der Waals surface area contributed by atoms with E-state index < -0.39 is 5.97 Å². The van der Waals surface area contributed by atoms with Crippen LogP contribution in [0.1, 0.15) is 20.3 Å². The van der Waals surface area contributed by atoms with Gasteiger partial charge in [-0.1, -0.05) is 38.3 Å². The fraction of sp³-hybridized carbons (Fsp3) is 0.300. The van der Waals surface area contributed by atoms with Crippen molar-refractivity contribution in [2.45, 2.75) is 20.3 Å². The van der Waals surface area contributed by atoms with Gasteiger partial charge in [-0.15, -0.1) is 0 Å². The first-order valence-corrected chi connectivity index (χ1v) is 3.64. The third-order valence-corrected chi connectivity index (χ3v) is 1.08. The van der Waals surface area contributed by atoms with Crippen molar-refractivity contribution in [3.63, 3.8) is 0 Å². The second-order valence-corrected chi connectivity index (χ2v) is 2.31. The van der Waals surface area contributed by atoms with Crippen LogP contribution in [0.5, 0.6) is 0 Å². The predicted molar refractivity (Wildman–Crippen MR) is 52.1 cm³/mol. The van der Waals surface area contributed by atoms with Crippen LogP contribution in [-0.4, -0.2) is 11.1 Å². The van der Waals surface area contributed by atoms with Crippen molar-refractivity contribution in [2.24, 2.45) is 0 Å². The summed E-state index contributed by atoms with van der Waals surface area (Å²) in [4.78, 5) is 9.83. The molecule has 0 amide bonds. The van der Waals surface area contributed by atoms with Gasteiger partial charge in [-0.3, -0.25) is 0 Å². The van der Waals surface area contributed by atoms with E-state index in [4.69, 9.17) is 5.11 Å². The molecule has 0 radical (unpaired) electrons. The van der Waals surface area contributed by atoms with E-state index in [1.165, 1.54) is 0 Å². The lowest BCUT2D eigenvalue weighted by Gasteiger charge is -1.87. The Hall–Kier alpha value is -1.31.